The first-order valence-electron chi connectivity index (χ1n) is 23.8. The maximum Gasteiger partial charge on any atom is 0.326 e. The van der Waals surface area contributed by atoms with E-state index in [-0.39, 0.29) is 32.1 Å². The number of hydrogen-bond acceptors (Lipinski definition) is 9. The van der Waals surface area contributed by atoms with Gasteiger partial charge in [-0.1, -0.05) is 72.8 Å². The summed E-state index contributed by atoms with van der Waals surface area (Å²) in [5.74, 6) is -8.01. The summed E-state index contributed by atoms with van der Waals surface area (Å²) in [5.41, 5.74) is 17.0. The molecule has 0 saturated carbocycles. The van der Waals surface area contributed by atoms with Crippen molar-refractivity contribution in [3.63, 3.8) is 0 Å². The Morgan fingerprint density at radius 3 is 1.07 bits per heavy atom. The van der Waals surface area contributed by atoms with Crippen molar-refractivity contribution in [1.29, 1.82) is 0 Å². The van der Waals surface area contributed by atoms with Gasteiger partial charge in [-0.3, -0.25) is 33.6 Å². The Morgan fingerprint density at radius 1 is 0.432 bits per heavy atom. The Hall–Kier alpha value is -9.24. The molecule has 0 spiro atoms. The van der Waals surface area contributed by atoms with Crippen molar-refractivity contribution in [3.8, 4) is 0 Å². The molecule has 21 nitrogen and oxygen atoms in total. The number of fused-ring (bicyclic) bond motifs is 4. The van der Waals surface area contributed by atoms with E-state index in [2.05, 4.69) is 46.5 Å². The fraction of sp³-hybridized carbons (Fsp3) is 0.245. The fourth-order valence-corrected chi connectivity index (χ4v) is 9.10. The molecule has 0 fully saturated rings. The molecule has 21 heteroatoms. The van der Waals surface area contributed by atoms with Crippen LogP contribution >= 0.6 is 0 Å². The number of aromatic amines is 4. The number of carboxylic acids is 2. The minimum absolute atomic E-state index is 0.0892. The van der Waals surface area contributed by atoms with Crippen molar-refractivity contribution in [3.05, 3.63) is 144 Å². The molecule has 4 heterocycles. The Morgan fingerprint density at radius 2 is 0.730 bits per heavy atom. The molecule has 4 aromatic heterocycles. The summed E-state index contributed by atoms with van der Waals surface area (Å²) >= 11 is 0. The van der Waals surface area contributed by atoms with Gasteiger partial charge in [0.25, 0.3) is 0 Å². The van der Waals surface area contributed by atoms with E-state index in [1.54, 1.807) is 67.3 Å². The molecule has 4 aromatic carbocycles. The monoisotopic (exact) mass is 1010 g/mol. The quantitative estimate of drug-likeness (QED) is 0.0417. The highest BCUT2D eigenvalue weighted by atomic mass is 16.4. The summed E-state index contributed by atoms with van der Waals surface area (Å²) in [4.78, 5) is 121. The molecule has 8 aromatic rings. The van der Waals surface area contributed by atoms with Gasteiger partial charge in [0.05, 0.1) is 12.5 Å². The third-order valence-corrected chi connectivity index (χ3v) is 13.0. The summed E-state index contributed by atoms with van der Waals surface area (Å²) < 4.78 is 0. The number of primary amides is 1. The lowest BCUT2D eigenvalue weighted by molar-refractivity contribution is -0.142. The van der Waals surface area contributed by atoms with E-state index in [9.17, 15) is 48.6 Å². The predicted octanol–water partition coefficient (Wildman–Crippen LogP) is 2.46. The second-order valence-corrected chi connectivity index (χ2v) is 18.1. The Balaban J connectivity index is 1.10. The minimum Gasteiger partial charge on any atom is -0.481 e. The molecule has 74 heavy (non-hydrogen) atoms. The van der Waals surface area contributed by atoms with Gasteiger partial charge in [-0.2, -0.15) is 0 Å². The Bertz CT molecular complexity index is 3390. The highest BCUT2D eigenvalue weighted by Crippen LogP contribution is 2.24. The molecular weight excluding hydrogens is 951 g/mol. The zero-order valence-electron chi connectivity index (χ0n) is 39.8. The van der Waals surface area contributed by atoms with Gasteiger partial charge >= 0.3 is 11.9 Å². The molecule has 0 aliphatic rings. The lowest BCUT2D eigenvalue weighted by Gasteiger charge is -2.27. The number of amides is 6. The van der Waals surface area contributed by atoms with E-state index < -0.39 is 96.5 Å². The van der Waals surface area contributed by atoms with Gasteiger partial charge in [0.1, 0.15) is 30.2 Å². The average Bonchev–Trinajstić information content (AvgIpc) is 4.20. The van der Waals surface area contributed by atoms with Crippen LogP contribution in [0.4, 0.5) is 0 Å². The molecule has 382 valence electrons. The number of nitrogens with one attached hydrogen (secondary N) is 9. The molecule has 15 N–H and O–H groups in total. The molecule has 0 aliphatic heterocycles. The van der Waals surface area contributed by atoms with Gasteiger partial charge in [-0.25, -0.2) is 4.79 Å². The van der Waals surface area contributed by atoms with E-state index in [0.717, 1.165) is 32.7 Å². The smallest absolute Gasteiger partial charge is 0.326 e. The zero-order valence-corrected chi connectivity index (χ0v) is 39.8. The zero-order chi connectivity index (χ0) is 52.5. The van der Waals surface area contributed by atoms with Crippen molar-refractivity contribution >= 4 is 91.0 Å². The van der Waals surface area contributed by atoms with Gasteiger partial charge in [0.2, 0.25) is 35.4 Å². The second-order valence-electron chi connectivity index (χ2n) is 18.1. The molecular formula is C53H55N11O10. The van der Waals surface area contributed by atoms with Crippen LogP contribution in [0.2, 0.25) is 0 Å². The number of H-pyrrole nitrogens is 4. The third-order valence-electron chi connectivity index (χ3n) is 13.0. The number of hydrogen-bond donors (Lipinski definition) is 13. The van der Waals surface area contributed by atoms with Crippen molar-refractivity contribution in [2.24, 2.45) is 11.5 Å². The van der Waals surface area contributed by atoms with Crippen LogP contribution in [0.15, 0.2) is 122 Å². The number of nitrogens with two attached hydrogens (primary N) is 2. The van der Waals surface area contributed by atoms with Crippen LogP contribution in [0.5, 0.6) is 0 Å². The number of aliphatic carboxylic acids is 2. The van der Waals surface area contributed by atoms with E-state index >= 15 is 0 Å². The summed E-state index contributed by atoms with van der Waals surface area (Å²) in [6.07, 6.45) is 4.69. The van der Waals surface area contributed by atoms with Crippen LogP contribution in [-0.2, 0) is 64.0 Å². The highest BCUT2D eigenvalue weighted by molar-refractivity contribution is 5.99. The molecule has 0 bridgehead atoms. The predicted molar refractivity (Wildman–Crippen MR) is 274 cm³/mol. The molecule has 0 radical (unpaired) electrons. The number of benzene rings is 4. The summed E-state index contributed by atoms with van der Waals surface area (Å²) in [7, 11) is 0. The first-order valence-corrected chi connectivity index (χ1v) is 23.8. The molecule has 6 atom stereocenters. The number of aromatic nitrogens is 4. The maximum absolute atomic E-state index is 15.0. The van der Waals surface area contributed by atoms with E-state index in [1.165, 1.54) is 0 Å². The van der Waals surface area contributed by atoms with E-state index in [1.807, 2.05) is 54.6 Å². The minimum atomic E-state index is -1.70. The number of carboxylic acid groups (broad SMARTS) is 2. The molecule has 0 unspecified atom stereocenters. The van der Waals surface area contributed by atoms with Crippen molar-refractivity contribution in [1.82, 2.24) is 46.5 Å². The fourth-order valence-electron chi connectivity index (χ4n) is 9.10. The lowest BCUT2D eigenvalue weighted by Crippen LogP contribution is -2.60. The first kappa shape index (κ1) is 51.1. The van der Waals surface area contributed by atoms with Crippen molar-refractivity contribution < 1.29 is 48.6 Å². The third kappa shape index (κ3) is 12.3. The van der Waals surface area contributed by atoms with E-state index in [0.29, 0.717) is 33.2 Å². The van der Waals surface area contributed by atoms with E-state index in [4.69, 9.17) is 11.5 Å². The Kier molecular flexibility index (Phi) is 15.8. The number of carbonyl (C=O) groups is 8. The molecule has 6 amide bonds. The van der Waals surface area contributed by atoms with Gasteiger partial charge in [-0.15, -0.1) is 0 Å². The first-order chi connectivity index (χ1) is 35.6. The van der Waals surface area contributed by atoms with Crippen LogP contribution in [0, 0.1) is 0 Å². The van der Waals surface area contributed by atoms with Gasteiger partial charge in [0, 0.05) is 101 Å². The van der Waals surface area contributed by atoms with Gasteiger partial charge < -0.3 is 68.2 Å². The largest absolute Gasteiger partial charge is 0.481 e. The summed E-state index contributed by atoms with van der Waals surface area (Å²) in [6, 6.07) is 20.1. The summed E-state index contributed by atoms with van der Waals surface area (Å²) in [6.45, 7) is 0. The molecule has 0 saturated heterocycles. The number of rotatable bonds is 24. The van der Waals surface area contributed by atoms with Crippen LogP contribution in [-0.4, -0.2) is 114 Å². The van der Waals surface area contributed by atoms with Crippen molar-refractivity contribution in [2.75, 3.05) is 0 Å². The standard InChI is InChI=1S/C53H55N11O10/c54-36(17-18-47(66)67)48(68)60-41(19-28-24-56-37-13-5-1-9-32(28)37)49(69)61-42(20-29-25-57-38-14-6-2-10-33(29)38)50(70)62-43(21-30-26-58-39-15-7-3-11-34(30)39)51(71)63-44(23-46(55)65)52(72)64-45(53(73)74)22-31-27-59-40-16-8-4-12-35(31)40/h1-16,24-27,36,41-45,56-59H,17-23,54H2,(H2,55,65)(H,60,68)(H,61,69)(H,62,70)(H,63,71)(H,64,72)(H,66,67)(H,73,74)/t36-,41-,42-,43-,44-,45-/m0/s1. The summed E-state index contributed by atoms with van der Waals surface area (Å²) in [5, 5.41) is 35.7. The van der Waals surface area contributed by atoms with Crippen LogP contribution in [0.25, 0.3) is 43.6 Å². The number of carbonyl (C=O) groups excluding carboxylic acids is 6. The van der Waals surface area contributed by atoms with Crippen LogP contribution in [0.1, 0.15) is 41.5 Å². The van der Waals surface area contributed by atoms with Gasteiger partial charge in [-0.05, 0) is 52.9 Å². The van der Waals surface area contributed by atoms with Crippen molar-refractivity contribution in [2.45, 2.75) is 81.2 Å². The Labute approximate surface area is 421 Å². The normalized spacial score (nSPS) is 13.9. The highest BCUT2D eigenvalue weighted by Gasteiger charge is 2.35. The average molecular weight is 1010 g/mol. The van der Waals surface area contributed by atoms with Crippen LogP contribution < -0.4 is 38.1 Å². The SMILES string of the molecule is NC(=O)C[C@H](NC(=O)[C@H](Cc1c[nH]c2ccccc12)NC(=O)[C@H](Cc1c[nH]c2ccccc12)NC(=O)[C@H](Cc1c[nH]c2ccccc12)NC(=O)[C@@H](N)CCC(=O)O)C(=O)N[C@@H](Cc1c[nH]c2ccccc12)C(=O)O. The molecule has 8 rings (SSSR count). The lowest BCUT2D eigenvalue weighted by atomic mass is 9.99. The maximum atomic E-state index is 15.0. The topological polar surface area (TPSA) is 352 Å². The van der Waals surface area contributed by atoms with Crippen LogP contribution in [0.3, 0.4) is 0 Å². The second kappa shape index (κ2) is 22.9. The van der Waals surface area contributed by atoms with Gasteiger partial charge in [0.15, 0.2) is 0 Å². The number of para-hydroxylation sites is 4. The molecule has 0 aliphatic carbocycles.